The molecule has 24 heavy (non-hydrogen) atoms. The molecule has 0 N–H and O–H groups in total. The first-order chi connectivity index (χ1) is 11.6. The summed E-state index contributed by atoms with van der Waals surface area (Å²) in [7, 11) is 2.56. The van der Waals surface area contributed by atoms with Crippen molar-refractivity contribution < 1.29 is 4.48 Å². The summed E-state index contributed by atoms with van der Waals surface area (Å²) in [5, 5.41) is 0. The third-order valence-electron chi connectivity index (χ3n) is 6.08. The van der Waals surface area contributed by atoms with Gasteiger partial charge >= 0.3 is 0 Å². The van der Waals surface area contributed by atoms with Crippen LogP contribution in [0.2, 0.25) is 0 Å². The smallest absolute Gasteiger partial charge is 0.0859 e. The number of hydrogen-bond acceptors (Lipinski definition) is 0. The van der Waals surface area contributed by atoms with Gasteiger partial charge in [0.05, 0.1) is 26.2 Å². The Bertz CT molecular complexity index is 234. The monoisotopic (exact) mass is 340 g/mol. The molecule has 0 amide bonds. The van der Waals surface area contributed by atoms with Crippen molar-refractivity contribution in [2.24, 2.45) is 0 Å². The molecule has 0 rings (SSSR count). The van der Waals surface area contributed by atoms with Gasteiger partial charge in [-0.15, -0.1) is 0 Å². The Morgan fingerprint density at radius 2 is 0.917 bits per heavy atom. The minimum Gasteiger partial charge on any atom is -0.324 e. The molecular formula is C23H50N+. The highest BCUT2D eigenvalue weighted by Crippen LogP contribution is 2.21. The normalized spacial score (nSPS) is 13.4. The summed E-state index contributed by atoms with van der Waals surface area (Å²) in [5.41, 5.74) is 0. The van der Waals surface area contributed by atoms with E-state index in [2.05, 4.69) is 34.7 Å². The Balaban J connectivity index is 4.27. The second-order valence-electron chi connectivity index (χ2n) is 8.45. The molecule has 0 saturated carbocycles. The maximum atomic E-state index is 2.56. The first kappa shape index (κ1) is 24.0. The lowest BCUT2D eigenvalue weighted by Crippen LogP contribution is -2.52. The van der Waals surface area contributed by atoms with Crippen LogP contribution in [0.15, 0.2) is 0 Å². The maximum absolute atomic E-state index is 2.56. The largest absolute Gasteiger partial charge is 0.324 e. The fourth-order valence-corrected chi connectivity index (χ4v) is 3.88. The van der Waals surface area contributed by atoms with Crippen LogP contribution < -0.4 is 0 Å². The van der Waals surface area contributed by atoms with Gasteiger partial charge in [0, 0.05) is 0 Å². The molecule has 0 spiro atoms. The van der Waals surface area contributed by atoms with E-state index in [0.29, 0.717) is 0 Å². The van der Waals surface area contributed by atoms with Crippen molar-refractivity contribution in [3.05, 3.63) is 0 Å². The molecule has 0 aromatic heterocycles. The highest BCUT2D eigenvalue weighted by molar-refractivity contribution is 4.57. The molecule has 146 valence electrons. The predicted molar refractivity (Wildman–Crippen MR) is 112 cm³/mol. The average molecular weight is 341 g/mol. The van der Waals surface area contributed by atoms with Crippen LogP contribution >= 0.6 is 0 Å². The molecule has 0 aliphatic heterocycles. The van der Waals surface area contributed by atoms with E-state index in [4.69, 9.17) is 0 Å². The lowest BCUT2D eigenvalue weighted by molar-refractivity contribution is -0.932. The van der Waals surface area contributed by atoms with E-state index in [1.54, 1.807) is 0 Å². The Kier molecular flexibility index (Phi) is 16.4. The van der Waals surface area contributed by atoms with Crippen LogP contribution in [-0.2, 0) is 0 Å². The number of nitrogens with zero attached hydrogens (tertiary/aromatic N) is 1. The summed E-state index contributed by atoms with van der Waals surface area (Å²) < 4.78 is 1.34. The second-order valence-corrected chi connectivity index (χ2v) is 8.45. The Labute approximate surface area is 155 Å². The minimum absolute atomic E-state index is 0.846. The fourth-order valence-electron chi connectivity index (χ4n) is 3.88. The Morgan fingerprint density at radius 3 is 1.33 bits per heavy atom. The van der Waals surface area contributed by atoms with E-state index in [1.807, 2.05) is 0 Å². The molecule has 1 atom stereocenters. The van der Waals surface area contributed by atoms with Crippen molar-refractivity contribution in [2.45, 2.75) is 130 Å². The van der Waals surface area contributed by atoms with Gasteiger partial charge < -0.3 is 4.48 Å². The van der Waals surface area contributed by atoms with Gasteiger partial charge in [-0.2, -0.15) is 0 Å². The van der Waals surface area contributed by atoms with E-state index in [-0.39, 0.29) is 0 Å². The zero-order chi connectivity index (χ0) is 18.1. The number of unbranched alkanes of at least 4 members (excludes halogenated alkanes) is 11. The fraction of sp³-hybridized carbons (Fsp3) is 1.00. The van der Waals surface area contributed by atoms with Crippen LogP contribution in [0.4, 0.5) is 0 Å². The van der Waals surface area contributed by atoms with Gasteiger partial charge in [-0.25, -0.2) is 0 Å². The SMILES string of the molecule is CCCCCCC[N+](C)(CCCCCCC)C(C)CCCCCC. The molecule has 0 radical (unpaired) electrons. The summed E-state index contributed by atoms with van der Waals surface area (Å²) in [4.78, 5) is 0. The molecular weight excluding hydrogens is 290 g/mol. The van der Waals surface area contributed by atoms with Crippen LogP contribution in [0.5, 0.6) is 0 Å². The van der Waals surface area contributed by atoms with Crippen LogP contribution in [0.1, 0.15) is 124 Å². The highest BCUT2D eigenvalue weighted by Gasteiger charge is 2.27. The first-order valence-electron chi connectivity index (χ1n) is 11.4. The van der Waals surface area contributed by atoms with Crippen LogP contribution in [0, 0.1) is 0 Å². The molecule has 0 fully saturated rings. The third-order valence-corrected chi connectivity index (χ3v) is 6.08. The lowest BCUT2D eigenvalue weighted by Gasteiger charge is -2.41. The van der Waals surface area contributed by atoms with Gasteiger partial charge in [0.25, 0.3) is 0 Å². The third kappa shape index (κ3) is 12.3. The highest BCUT2D eigenvalue weighted by atomic mass is 15.3. The van der Waals surface area contributed by atoms with Gasteiger partial charge in [0.1, 0.15) is 0 Å². The summed E-state index contributed by atoms with van der Waals surface area (Å²) in [6.45, 7) is 12.3. The zero-order valence-electron chi connectivity index (χ0n) is 18.0. The molecule has 0 heterocycles. The minimum atomic E-state index is 0.846. The topological polar surface area (TPSA) is 0 Å². The molecule has 0 bridgehead atoms. The Hall–Kier alpha value is -0.0400. The summed E-state index contributed by atoms with van der Waals surface area (Å²) in [6.07, 6.45) is 21.3. The average Bonchev–Trinajstić information content (AvgIpc) is 2.58. The zero-order valence-corrected chi connectivity index (χ0v) is 18.0. The number of quaternary nitrogens is 1. The van der Waals surface area contributed by atoms with E-state index in [9.17, 15) is 0 Å². The van der Waals surface area contributed by atoms with E-state index >= 15 is 0 Å². The first-order valence-corrected chi connectivity index (χ1v) is 11.4. The van der Waals surface area contributed by atoms with Crippen molar-refractivity contribution in [1.29, 1.82) is 0 Å². The van der Waals surface area contributed by atoms with Crippen molar-refractivity contribution in [2.75, 3.05) is 20.1 Å². The summed E-state index contributed by atoms with van der Waals surface area (Å²) in [5.74, 6) is 0. The quantitative estimate of drug-likeness (QED) is 0.177. The number of rotatable bonds is 18. The van der Waals surface area contributed by atoms with Crippen molar-refractivity contribution in [3.63, 3.8) is 0 Å². The van der Waals surface area contributed by atoms with Crippen LogP contribution in [0.25, 0.3) is 0 Å². The van der Waals surface area contributed by atoms with E-state index in [1.165, 1.54) is 114 Å². The van der Waals surface area contributed by atoms with Gasteiger partial charge in [-0.1, -0.05) is 78.6 Å². The molecule has 1 unspecified atom stereocenters. The molecule has 1 heteroatoms. The van der Waals surface area contributed by atoms with Gasteiger partial charge in [-0.3, -0.25) is 0 Å². The molecule has 0 aliphatic rings. The van der Waals surface area contributed by atoms with Crippen LogP contribution in [0.3, 0.4) is 0 Å². The van der Waals surface area contributed by atoms with Crippen molar-refractivity contribution in [3.8, 4) is 0 Å². The molecule has 1 nitrogen and oxygen atoms in total. The molecule has 0 saturated heterocycles. The molecule has 0 aromatic rings. The van der Waals surface area contributed by atoms with Gasteiger partial charge in [0.15, 0.2) is 0 Å². The maximum Gasteiger partial charge on any atom is 0.0859 e. The predicted octanol–water partition coefficient (Wildman–Crippen LogP) is 7.73. The summed E-state index contributed by atoms with van der Waals surface area (Å²) >= 11 is 0. The van der Waals surface area contributed by atoms with Crippen molar-refractivity contribution >= 4 is 0 Å². The molecule has 0 aromatic carbocycles. The van der Waals surface area contributed by atoms with Gasteiger partial charge in [-0.05, 0) is 45.4 Å². The van der Waals surface area contributed by atoms with Crippen LogP contribution in [-0.4, -0.2) is 30.7 Å². The molecule has 0 aliphatic carbocycles. The Morgan fingerprint density at radius 1 is 0.542 bits per heavy atom. The van der Waals surface area contributed by atoms with Gasteiger partial charge in [0.2, 0.25) is 0 Å². The summed E-state index contributed by atoms with van der Waals surface area (Å²) in [6, 6.07) is 0.846. The van der Waals surface area contributed by atoms with E-state index in [0.717, 1.165) is 6.04 Å². The van der Waals surface area contributed by atoms with E-state index < -0.39 is 0 Å². The number of hydrogen-bond donors (Lipinski definition) is 0. The van der Waals surface area contributed by atoms with Crippen molar-refractivity contribution in [1.82, 2.24) is 0 Å². The second kappa shape index (κ2) is 16.4. The standard InChI is InChI=1S/C23H50N/c1-6-9-12-15-18-21-24(5,22-19-16-13-10-7-2)23(4)20-17-14-11-8-3/h23H,6-22H2,1-5H3/q+1. The lowest BCUT2D eigenvalue weighted by atomic mass is 10.0.